The summed E-state index contributed by atoms with van der Waals surface area (Å²) in [6.07, 6.45) is 2.05. The van der Waals surface area contributed by atoms with E-state index in [2.05, 4.69) is 6.08 Å². The maximum Gasteiger partial charge on any atom is 0.307 e. The molecule has 1 aliphatic rings. The molecular weight excluding hydrogens is 324 g/mol. The highest BCUT2D eigenvalue weighted by Gasteiger charge is 2.25. The number of methoxy groups -OCH3 is 1. The van der Waals surface area contributed by atoms with Crippen LogP contribution in [-0.2, 0) is 4.79 Å². The fourth-order valence-corrected chi connectivity index (χ4v) is 3.12. The summed E-state index contributed by atoms with van der Waals surface area (Å²) < 4.78 is 5.29. The molecule has 0 radical (unpaired) electrons. The Morgan fingerprint density at radius 3 is 2.50 bits per heavy atom. The van der Waals surface area contributed by atoms with E-state index in [0.29, 0.717) is 5.02 Å². The lowest BCUT2D eigenvalue weighted by Crippen LogP contribution is -1.97. The van der Waals surface area contributed by atoms with Gasteiger partial charge in [-0.25, -0.2) is 0 Å². The quantitative estimate of drug-likeness (QED) is 0.837. The van der Waals surface area contributed by atoms with Crippen LogP contribution in [-0.4, -0.2) is 18.2 Å². The molecule has 0 unspecified atom stereocenters. The van der Waals surface area contributed by atoms with Crippen LogP contribution in [0.2, 0.25) is 5.02 Å². The normalized spacial score (nSPS) is 14.9. The molecule has 2 aromatic rings. The Labute approximate surface area is 145 Å². The van der Waals surface area contributed by atoms with Crippen LogP contribution in [0.1, 0.15) is 30.0 Å². The molecule has 0 heterocycles. The molecule has 0 saturated carbocycles. The number of fused-ring (bicyclic) bond motifs is 1. The van der Waals surface area contributed by atoms with Gasteiger partial charge < -0.3 is 9.84 Å². The fraction of sp³-hybridized carbons (Fsp3) is 0.150. The summed E-state index contributed by atoms with van der Waals surface area (Å²) in [5.74, 6) is -0.122. The fourth-order valence-electron chi connectivity index (χ4n) is 2.99. The van der Waals surface area contributed by atoms with Gasteiger partial charge in [-0.05, 0) is 70.7 Å². The zero-order chi connectivity index (χ0) is 17.3. The molecule has 0 saturated heterocycles. The van der Waals surface area contributed by atoms with Crippen LogP contribution >= 0.6 is 11.6 Å². The molecule has 0 spiro atoms. The molecule has 3 nitrogen and oxygen atoms in total. The van der Waals surface area contributed by atoms with Crippen molar-refractivity contribution in [3.8, 4) is 5.75 Å². The van der Waals surface area contributed by atoms with Crippen molar-refractivity contribution in [2.75, 3.05) is 7.11 Å². The van der Waals surface area contributed by atoms with E-state index in [9.17, 15) is 9.90 Å². The number of allylic oxidation sites excluding steroid dienone is 2. The van der Waals surface area contributed by atoms with Gasteiger partial charge in [-0.2, -0.15) is 0 Å². The molecule has 2 aromatic carbocycles. The Hall–Kier alpha value is -2.52. The molecule has 0 bridgehead atoms. The molecule has 24 heavy (non-hydrogen) atoms. The second kappa shape index (κ2) is 6.54. The average Bonchev–Trinajstić information content (AvgIpc) is 2.81. The Bertz CT molecular complexity index is 861. The standard InChI is InChI=1S/C20H17ClO3/c1-12-17(9-13-3-5-14(21)6-4-13)16-8-7-15(24-2)10-19(16)18(12)11-20(22)23/h3-10H,11H2,1-2H3,(H,22,23)/b17-9-. The average molecular weight is 341 g/mol. The zero-order valence-electron chi connectivity index (χ0n) is 13.5. The minimum absolute atomic E-state index is 0.00996. The van der Waals surface area contributed by atoms with Crippen LogP contribution in [0.5, 0.6) is 5.75 Å². The van der Waals surface area contributed by atoms with Crippen molar-refractivity contribution in [1.29, 1.82) is 0 Å². The Balaban J connectivity index is 2.15. The van der Waals surface area contributed by atoms with E-state index < -0.39 is 5.97 Å². The lowest BCUT2D eigenvalue weighted by Gasteiger charge is -2.07. The van der Waals surface area contributed by atoms with Gasteiger partial charge in [-0.15, -0.1) is 0 Å². The number of benzene rings is 2. The first-order chi connectivity index (χ1) is 11.5. The lowest BCUT2D eigenvalue weighted by molar-refractivity contribution is -0.135. The van der Waals surface area contributed by atoms with E-state index in [1.165, 1.54) is 0 Å². The molecule has 122 valence electrons. The van der Waals surface area contributed by atoms with Crippen molar-refractivity contribution >= 4 is 34.8 Å². The molecule has 1 aliphatic carbocycles. The SMILES string of the molecule is COc1ccc2c(c1)C(CC(=O)O)=C(C)/C2=C/c1ccc(Cl)cc1. The van der Waals surface area contributed by atoms with Gasteiger partial charge in [0.2, 0.25) is 0 Å². The van der Waals surface area contributed by atoms with Crippen molar-refractivity contribution in [2.45, 2.75) is 13.3 Å². The Morgan fingerprint density at radius 1 is 1.17 bits per heavy atom. The number of ether oxygens (including phenoxy) is 1. The van der Waals surface area contributed by atoms with E-state index in [1.54, 1.807) is 7.11 Å². The summed E-state index contributed by atoms with van der Waals surface area (Å²) in [7, 11) is 1.61. The van der Waals surface area contributed by atoms with E-state index in [-0.39, 0.29) is 6.42 Å². The van der Waals surface area contributed by atoms with Crippen LogP contribution in [0.15, 0.2) is 48.0 Å². The maximum absolute atomic E-state index is 11.3. The molecule has 4 heteroatoms. The smallest absolute Gasteiger partial charge is 0.307 e. The topological polar surface area (TPSA) is 46.5 Å². The zero-order valence-corrected chi connectivity index (χ0v) is 14.2. The van der Waals surface area contributed by atoms with Gasteiger partial charge in [0, 0.05) is 5.02 Å². The highest BCUT2D eigenvalue weighted by atomic mass is 35.5. The number of carboxylic acid groups (broad SMARTS) is 1. The van der Waals surface area contributed by atoms with Gasteiger partial charge in [0.15, 0.2) is 0 Å². The van der Waals surface area contributed by atoms with Crippen LogP contribution in [0.25, 0.3) is 17.2 Å². The Kier molecular flexibility index (Phi) is 4.45. The van der Waals surface area contributed by atoms with Crippen molar-refractivity contribution < 1.29 is 14.6 Å². The van der Waals surface area contributed by atoms with E-state index in [4.69, 9.17) is 16.3 Å². The molecule has 0 aromatic heterocycles. The van der Waals surface area contributed by atoms with Gasteiger partial charge in [0.25, 0.3) is 0 Å². The van der Waals surface area contributed by atoms with Crippen molar-refractivity contribution in [3.63, 3.8) is 0 Å². The number of carboxylic acids is 1. The van der Waals surface area contributed by atoms with Gasteiger partial charge >= 0.3 is 5.97 Å². The molecule has 0 atom stereocenters. The van der Waals surface area contributed by atoms with E-state index in [1.807, 2.05) is 49.4 Å². The minimum Gasteiger partial charge on any atom is -0.497 e. The summed E-state index contributed by atoms with van der Waals surface area (Å²) in [6.45, 7) is 1.96. The largest absolute Gasteiger partial charge is 0.497 e. The highest BCUT2D eigenvalue weighted by Crippen LogP contribution is 2.44. The third kappa shape index (κ3) is 3.08. The summed E-state index contributed by atoms with van der Waals surface area (Å²) in [5, 5.41) is 9.94. The predicted molar refractivity (Wildman–Crippen MR) is 97.2 cm³/mol. The number of carbonyl (C=O) groups is 1. The molecule has 1 N–H and O–H groups in total. The first-order valence-electron chi connectivity index (χ1n) is 7.57. The summed E-state index contributed by atoms with van der Waals surface area (Å²) >= 11 is 5.94. The van der Waals surface area contributed by atoms with E-state index in [0.717, 1.165) is 39.2 Å². The van der Waals surface area contributed by atoms with Gasteiger partial charge in [0.05, 0.1) is 13.5 Å². The van der Waals surface area contributed by atoms with Gasteiger partial charge in [-0.3, -0.25) is 4.79 Å². The number of hydrogen-bond donors (Lipinski definition) is 1. The molecule has 0 amide bonds. The number of halogens is 1. The summed E-state index contributed by atoms with van der Waals surface area (Å²) in [5.41, 5.74) is 5.82. The first kappa shape index (κ1) is 16.3. The van der Waals surface area contributed by atoms with Crippen molar-refractivity contribution in [2.24, 2.45) is 0 Å². The Morgan fingerprint density at radius 2 is 1.88 bits per heavy atom. The first-order valence-corrected chi connectivity index (χ1v) is 7.95. The third-order valence-electron chi connectivity index (χ3n) is 4.21. The number of rotatable bonds is 4. The minimum atomic E-state index is -0.842. The van der Waals surface area contributed by atoms with Crippen LogP contribution in [0.4, 0.5) is 0 Å². The second-order valence-corrected chi connectivity index (χ2v) is 6.13. The van der Waals surface area contributed by atoms with Gasteiger partial charge in [0.1, 0.15) is 5.75 Å². The second-order valence-electron chi connectivity index (χ2n) is 5.70. The van der Waals surface area contributed by atoms with Crippen molar-refractivity contribution in [3.05, 3.63) is 69.8 Å². The number of aliphatic carboxylic acids is 1. The maximum atomic E-state index is 11.3. The van der Waals surface area contributed by atoms with Crippen LogP contribution < -0.4 is 4.74 Å². The third-order valence-corrected chi connectivity index (χ3v) is 4.46. The number of hydrogen-bond acceptors (Lipinski definition) is 2. The summed E-state index contributed by atoms with van der Waals surface area (Å²) in [6, 6.07) is 13.4. The molecule has 0 aliphatic heterocycles. The van der Waals surface area contributed by atoms with Gasteiger partial charge in [-0.1, -0.05) is 29.8 Å². The molecular formula is C20H17ClO3. The highest BCUT2D eigenvalue weighted by molar-refractivity contribution is 6.30. The monoisotopic (exact) mass is 340 g/mol. The van der Waals surface area contributed by atoms with Crippen LogP contribution in [0, 0.1) is 0 Å². The summed E-state index contributed by atoms with van der Waals surface area (Å²) in [4.78, 5) is 11.3. The lowest BCUT2D eigenvalue weighted by atomic mass is 10.0. The van der Waals surface area contributed by atoms with E-state index >= 15 is 0 Å². The van der Waals surface area contributed by atoms with Crippen molar-refractivity contribution in [1.82, 2.24) is 0 Å². The molecule has 0 fully saturated rings. The van der Waals surface area contributed by atoms with Crippen LogP contribution in [0.3, 0.4) is 0 Å². The predicted octanol–water partition coefficient (Wildman–Crippen LogP) is 5.15. The molecule has 3 rings (SSSR count).